The summed E-state index contributed by atoms with van der Waals surface area (Å²) in [6.45, 7) is 0.820. The maximum Gasteiger partial charge on any atom is 0.255 e. The van der Waals surface area contributed by atoms with Crippen LogP contribution in [0.15, 0.2) is 48.8 Å². The van der Waals surface area contributed by atoms with Gasteiger partial charge >= 0.3 is 0 Å². The fourth-order valence-electron chi connectivity index (χ4n) is 4.11. The number of hydrogen-bond acceptors (Lipinski definition) is 4. The summed E-state index contributed by atoms with van der Waals surface area (Å²) >= 11 is 6.19. The third-order valence-electron chi connectivity index (χ3n) is 5.69. The van der Waals surface area contributed by atoms with Gasteiger partial charge in [0.05, 0.1) is 12.2 Å². The molecule has 0 unspecified atom stereocenters. The highest BCUT2D eigenvalue weighted by Gasteiger charge is 2.38. The first-order chi connectivity index (χ1) is 13.1. The molecule has 1 fully saturated rings. The molecule has 0 radical (unpaired) electrons. The molecule has 1 amide bonds. The van der Waals surface area contributed by atoms with E-state index in [1.807, 2.05) is 18.2 Å². The monoisotopic (exact) mass is 387 g/mol. The summed E-state index contributed by atoms with van der Waals surface area (Å²) in [5.41, 5.74) is 7.79. The van der Waals surface area contributed by atoms with Crippen molar-refractivity contribution in [2.75, 3.05) is 19.7 Å². The minimum absolute atomic E-state index is 0.0567. The zero-order chi connectivity index (χ0) is 19.3. The lowest BCUT2D eigenvalue weighted by atomic mass is 9.68. The molecule has 3 N–H and O–H groups in total. The van der Waals surface area contributed by atoms with E-state index in [2.05, 4.69) is 11.1 Å². The molecule has 0 aliphatic heterocycles. The lowest BCUT2D eigenvalue weighted by Gasteiger charge is -2.43. The Morgan fingerprint density at radius 1 is 1.30 bits per heavy atom. The van der Waals surface area contributed by atoms with Crippen molar-refractivity contribution in [2.45, 2.75) is 37.1 Å². The Morgan fingerprint density at radius 2 is 2.07 bits per heavy atom. The maximum absolute atomic E-state index is 12.9. The van der Waals surface area contributed by atoms with Crippen LogP contribution in [0.2, 0.25) is 5.02 Å². The second kappa shape index (κ2) is 8.83. The van der Waals surface area contributed by atoms with Gasteiger partial charge in [0.15, 0.2) is 0 Å². The molecule has 2 aromatic rings. The van der Waals surface area contributed by atoms with Gasteiger partial charge in [-0.1, -0.05) is 23.7 Å². The fourth-order valence-corrected chi connectivity index (χ4v) is 4.30. The smallest absolute Gasteiger partial charge is 0.255 e. The number of nitrogens with two attached hydrogens (primary N) is 1. The normalized spacial score (nSPS) is 22.4. The van der Waals surface area contributed by atoms with Gasteiger partial charge in [0.1, 0.15) is 0 Å². The number of nitrogens with zero attached hydrogens (tertiary/aromatic N) is 2. The minimum atomic E-state index is -0.108. The number of amides is 1. The maximum atomic E-state index is 12.9. The fraction of sp³-hybridized carbons (Fsp3) is 0.429. The number of carbonyl (C=O) groups is 1. The number of aliphatic hydroxyl groups excluding tert-OH is 1. The van der Waals surface area contributed by atoms with Crippen LogP contribution in [0.4, 0.5) is 0 Å². The number of hydrogen-bond donors (Lipinski definition) is 2. The summed E-state index contributed by atoms with van der Waals surface area (Å²) in [7, 11) is 0. The Balaban J connectivity index is 1.76. The van der Waals surface area contributed by atoms with E-state index < -0.39 is 0 Å². The Morgan fingerprint density at radius 3 is 2.67 bits per heavy atom. The van der Waals surface area contributed by atoms with Gasteiger partial charge < -0.3 is 15.7 Å². The predicted octanol–water partition coefficient (Wildman–Crippen LogP) is 3.01. The van der Waals surface area contributed by atoms with Crippen LogP contribution in [0.5, 0.6) is 0 Å². The molecule has 1 saturated carbocycles. The van der Waals surface area contributed by atoms with Gasteiger partial charge in [-0.05, 0) is 55.5 Å². The molecule has 1 aromatic carbocycles. The van der Waals surface area contributed by atoms with Crippen LogP contribution in [-0.4, -0.2) is 46.6 Å². The number of aromatic nitrogens is 1. The van der Waals surface area contributed by atoms with E-state index in [9.17, 15) is 9.90 Å². The summed E-state index contributed by atoms with van der Waals surface area (Å²) in [5, 5.41) is 10.2. The average molecular weight is 388 g/mol. The number of halogens is 1. The van der Waals surface area contributed by atoms with Crippen LogP contribution in [0.1, 0.15) is 41.6 Å². The third-order valence-corrected chi connectivity index (χ3v) is 5.93. The third kappa shape index (κ3) is 4.32. The summed E-state index contributed by atoms with van der Waals surface area (Å²) in [5.74, 6) is -0.0786. The van der Waals surface area contributed by atoms with Gasteiger partial charge in [0.25, 0.3) is 5.91 Å². The molecular formula is C21H26ClN3O2. The standard InChI is InChI=1S/C21H26ClN3O2/c22-18-5-1-4-17(13-18)21(15-23)8-6-19(7-9-21)25(11-12-26)20(27)16-3-2-10-24-14-16/h1-5,10,13-14,19,26H,6-9,11-12,15,23H2/t19-,21-. The van der Waals surface area contributed by atoms with E-state index in [1.165, 1.54) is 5.56 Å². The van der Waals surface area contributed by atoms with Crippen molar-refractivity contribution < 1.29 is 9.90 Å². The molecule has 6 heteroatoms. The summed E-state index contributed by atoms with van der Waals surface area (Å²) < 4.78 is 0. The lowest BCUT2D eigenvalue weighted by molar-refractivity contribution is 0.0543. The SMILES string of the molecule is NC[C@]1(c2cccc(Cl)c2)CC[C@H](N(CCO)C(=O)c2cccnc2)CC1. The lowest BCUT2D eigenvalue weighted by Crippen LogP contribution is -2.48. The molecule has 27 heavy (non-hydrogen) atoms. The highest BCUT2D eigenvalue weighted by Crippen LogP contribution is 2.41. The minimum Gasteiger partial charge on any atom is -0.395 e. The zero-order valence-electron chi connectivity index (χ0n) is 15.4. The van der Waals surface area contributed by atoms with Gasteiger partial charge in [-0.2, -0.15) is 0 Å². The Bertz CT molecular complexity index is 761. The second-order valence-electron chi connectivity index (χ2n) is 7.19. The molecule has 0 spiro atoms. The summed E-state index contributed by atoms with van der Waals surface area (Å²) in [4.78, 5) is 18.7. The number of pyridine rings is 1. The van der Waals surface area contributed by atoms with E-state index in [1.54, 1.807) is 29.4 Å². The molecule has 1 heterocycles. The average Bonchev–Trinajstić information content (AvgIpc) is 2.72. The molecule has 0 bridgehead atoms. The number of carbonyl (C=O) groups excluding carboxylic acids is 1. The molecule has 144 valence electrons. The first kappa shape index (κ1) is 19.8. The van der Waals surface area contributed by atoms with E-state index in [0.29, 0.717) is 18.7 Å². The largest absolute Gasteiger partial charge is 0.395 e. The van der Waals surface area contributed by atoms with E-state index in [0.717, 1.165) is 30.7 Å². The van der Waals surface area contributed by atoms with Crippen molar-refractivity contribution in [3.8, 4) is 0 Å². The van der Waals surface area contributed by atoms with Crippen LogP contribution >= 0.6 is 11.6 Å². The van der Waals surface area contributed by atoms with Crippen LogP contribution in [0.25, 0.3) is 0 Å². The Hall–Kier alpha value is -1.95. The van der Waals surface area contributed by atoms with Crippen LogP contribution in [-0.2, 0) is 5.41 Å². The highest BCUT2D eigenvalue weighted by molar-refractivity contribution is 6.30. The van der Waals surface area contributed by atoms with E-state index in [4.69, 9.17) is 17.3 Å². The van der Waals surface area contributed by atoms with Crippen LogP contribution < -0.4 is 5.73 Å². The van der Waals surface area contributed by atoms with Crippen molar-refractivity contribution in [1.29, 1.82) is 0 Å². The van der Waals surface area contributed by atoms with Crippen molar-refractivity contribution in [3.63, 3.8) is 0 Å². The summed E-state index contributed by atoms with van der Waals surface area (Å²) in [6.07, 6.45) is 6.68. The number of rotatable bonds is 6. The van der Waals surface area contributed by atoms with Gasteiger partial charge in [-0.25, -0.2) is 0 Å². The quantitative estimate of drug-likeness (QED) is 0.798. The molecule has 0 atom stereocenters. The molecule has 0 saturated heterocycles. The van der Waals surface area contributed by atoms with Gasteiger partial charge in [0, 0.05) is 42.0 Å². The first-order valence-electron chi connectivity index (χ1n) is 9.37. The second-order valence-corrected chi connectivity index (χ2v) is 7.63. The van der Waals surface area contributed by atoms with Gasteiger partial charge in [-0.3, -0.25) is 9.78 Å². The van der Waals surface area contributed by atoms with Crippen LogP contribution in [0, 0.1) is 0 Å². The van der Waals surface area contributed by atoms with Crippen LogP contribution in [0.3, 0.4) is 0 Å². The topological polar surface area (TPSA) is 79.5 Å². The van der Waals surface area contributed by atoms with Gasteiger partial charge in [0.2, 0.25) is 0 Å². The Labute approximate surface area is 165 Å². The van der Waals surface area contributed by atoms with E-state index >= 15 is 0 Å². The molecule has 1 aliphatic carbocycles. The molecular weight excluding hydrogens is 362 g/mol. The molecule has 1 aromatic heterocycles. The molecule has 5 nitrogen and oxygen atoms in total. The number of aliphatic hydroxyl groups is 1. The Kier molecular flexibility index (Phi) is 6.47. The molecule has 3 rings (SSSR count). The number of benzene rings is 1. The zero-order valence-corrected chi connectivity index (χ0v) is 16.1. The van der Waals surface area contributed by atoms with Crippen molar-refractivity contribution >= 4 is 17.5 Å². The van der Waals surface area contributed by atoms with Crippen molar-refractivity contribution in [2.24, 2.45) is 5.73 Å². The van der Waals surface area contributed by atoms with Gasteiger partial charge in [-0.15, -0.1) is 0 Å². The molecule has 1 aliphatic rings. The highest BCUT2D eigenvalue weighted by atomic mass is 35.5. The predicted molar refractivity (Wildman–Crippen MR) is 107 cm³/mol. The first-order valence-corrected chi connectivity index (χ1v) is 9.75. The summed E-state index contributed by atoms with van der Waals surface area (Å²) in [6, 6.07) is 11.5. The van der Waals surface area contributed by atoms with E-state index in [-0.39, 0.29) is 24.0 Å². The van der Waals surface area contributed by atoms with Crippen molar-refractivity contribution in [3.05, 3.63) is 64.9 Å². The van der Waals surface area contributed by atoms with Crippen molar-refractivity contribution in [1.82, 2.24) is 9.88 Å².